The molecule has 2 heterocycles. The molecule has 0 saturated carbocycles. The molecule has 26 heavy (non-hydrogen) atoms. The van der Waals surface area contributed by atoms with Crippen molar-refractivity contribution < 1.29 is 9.53 Å². The standard InChI is InChI=1S/C19H17N5O2/c1-26-18-10-22-17(14-4-2-3-13(7-14)9-20)8-16(18)19(25)23-15-5-6-24(11-15)12-21/h2-4,7-8,10,15H,5-6,11H2,1H3,(H,23,25). The number of benzene rings is 1. The number of carbonyl (C=O) groups is 1. The Hall–Kier alpha value is -3.58. The van der Waals surface area contributed by atoms with Crippen LogP contribution in [0.5, 0.6) is 5.75 Å². The van der Waals surface area contributed by atoms with Gasteiger partial charge in [-0.2, -0.15) is 10.5 Å². The molecule has 1 saturated heterocycles. The summed E-state index contributed by atoms with van der Waals surface area (Å²) in [7, 11) is 1.48. The fourth-order valence-electron chi connectivity index (χ4n) is 2.92. The van der Waals surface area contributed by atoms with Gasteiger partial charge in [-0.1, -0.05) is 12.1 Å². The zero-order valence-electron chi connectivity index (χ0n) is 14.3. The molecule has 0 aliphatic carbocycles. The van der Waals surface area contributed by atoms with E-state index in [1.165, 1.54) is 13.3 Å². The molecule has 7 nitrogen and oxygen atoms in total. The SMILES string of the molecule is COc1cnc(-c2cccc(C#N)c2)cc1C(=O)NC1CCN(C#N)C1. The van der Waals surface area contributed by atoms with E-state index in [0.29, 0.717) is 35.7 Å². The van der Waals surface area contributed by atoms with E-state index in [1.807, 2.05) is 6.07 Å². The van der Waals surface area contributed by atoms with Crippen LogP contribution in [0.1, 0.15) is 22.3 Å². The molecule has 7 heteroatoms. The number of hydrogen-bond donors (Lipinski definition) is 1. The van der Waals surface area contributed by atoms with Crippen molar-refractivity contribution in [1.82, 2.24) is 15.2 Å². The number of aromatic nitrogens is 1. The van der Waals surface area contributed by atoms with Crippen LogP contribution in [0.3, 0.4) is 0 Å². The summed E-state index contributed by atoms with van der Waals surface area (Å²) in [6.07, 6.45) is 4.32. The zero-order valence-corrected chi connectivity index (χ0v) is 14.3. The molecule has 130 valence electrons. The van der Waals surface area contributed by atoms with E-state index in [0.717, 1.165) is 12.0 Å². The normalized spacial score (nSPS) is 15.8. The molecule has 1 aliphatic heterocycles. The Morgan fingerprint density at radius 1 is 1.38 bits per heavy atom. The first kappa shape index (κ1) is 17.2. The van der Waals surface area contributed by atoms with Crippen LogP contribution < -0.4 is 10.1 Å². The van der Waals surface area contributed by atoms with Crippen LogP contribution in [-0.2, 0) is 0 Å². The first-order chi connectivity index (χ1) is 12.6. The Balaban J connectivity index is 1.87. The molecule has 1 aromatic heterocycles. The van der Waals surface area contributed by atoms with Gasteiger partial charge in [0.15, 0.2) is 6.19 Å². The molecule has 1 aliphatic rings. The number of rotatable bonds is 4. The molecular weight excluding hydrogens is 330 g/mol. The third kappa shape index (κ3) is 3.57. The number of methoxy groups -OCH3 is 1. The number of likely N-dealkylation sites (tertiary alicyclic amines) is 1. The molecule has 1 fully saturated rings. The number of nitriles is 2. The largest absolute Gasteiger partial charge is 0.494 e. The molecule has 0 spiro atoms. The lowest BCUT2D eigenvalue weighted by Gasteiger charge is -2.15. The second-order valence-electron chi connectivity index (χ2n) is 5.97. The summed E-state index contributed by atoms with van der Waals surface area (Å²) in [5.41, 5.74) is 2.22. The Morgan fingerprint density at radius 3 is 2.92 bits per heavy atom. The molecule has 0 radical (unpaired) electrons. The monoisotopic (exact) mass is 347 g/mol. The van der Waals surface area contributed by atoms with Gasteiger partial charge in [-0.25, -0.2) is 0 Å². The predicted octanol–water partition coefficient (Wildman–Crippen LogP) is 1.91. The van der Waals surface area contributed by atoms with Crippen LogP contribution in [0.25, 0.3) is 11.3 Å². The number of hydrogen-bond acceptors (Lipinski definition) is 6. The van der Waals surface area contributed by atoms with E-state index in [4.69, 9.17) is 15.3 Å². The third-order valence-electron chi connectivity index (χ3n) is 4.28. The number of ether oxygens (including phenoxy) is 1. The molecule has 1 aromatic carbocycles. The lowest BCUT2D eigenvalue weighted by Crippen LogP contribution is -2.36. The Kier molecular flexibility index (Phi) is 5.00. The highest BCUT2D eigenvalue weighted by Gasteiger charge is 2.25. The number of amides is 1. The lowest BCUT2D eigenvalue weighted by atomic mass is 10.1. The average molecular weight is 347 g/mol. The van der Waals surface area contributed by atoms with Crippen molar-refractivity contribution in [1.29, 1.82) is 10.5 Å². The summed E-state index contributed by atoms with van der Waals surface area (Å²) in [5, 5.41) is 20.9. The van der Waals surface area contributed by atoms with Gasteiger partial charge in [0.25, 0.3) is 5.91 Å². The van der Waals surface area contributed by atoms with Crippen molar-refractivity contribution in [3.63, 3.8) is 0 Å². The van der Waals surface area contributed by atoms with Crippen LogP contribution in [0.4, 0.5) is 0 Å². The van der Waals surface area contributed by atoms with Crippen molar-refractivity contribution in [3.8, 4) is 29.3 Å². The molecule has 1 unspecified atom stereocenters. The summed E-state index contributed by atoms with van der Waals surface area (Å²) >= 11 is 0. The van der Waals surface area contributed by atoms with E-state index in [9.17, 15) is 4.79 Å². The summed E-state index contributed by atoms with van der Waals surface area (Å²) in [5.74, 6) is 0.101. The van der Waals surface area contributed by atoms with Gasteiger partial charge in [-0.05, 0) is 24.6 Å². The van der Waals surface area contributed by atoms with E-state index < -0.39 is 0 Å². The van der Waals surface area contributed by atoms with Crippen LogP contribution in [0, 0.1) is 22.8 Å². The van der Waals surface area contributed by atoms with Gasteiger partial charge in [0.1, 0.15) is 5.75 Å². The number of nitrogens with zero attached hydrogens (tertiary/aromatic N) is 4. The van der Waals surface area contributed by atoms with E-state index in [2.05, 4.69) is 22.6 Å². The summed E-state index contributed by atoms with van der Waals surface area (Å²) in [6.45, 7) is 1.15. The zero-order chi connectivity index (χ0) is 18.5. The minimum atomic E-state index is -0.272. The van der Waals surface area contributed by atoms with Crippen LogP contribution in [-0.4, -0.2) is 42.0 Å². The maximum atomic E-state index is 12.7. The van der Waals surface area contributed by atoms with Gasteiger partial charge in [-0.3, -0.25) is 9.78 Å². The maximum Gasteiger partial charge on any atom is 0.255 e. The second kappa shape index (κ2) is 7.54. The van der Waals surface area contributed by atoms with Crippen molar-refractivity contribution in [3.05, 3.63) is 47.7 Å². The number of carbonyl (C=O) groups excluding carboxylic acids is 1. The van der Waals surface area contributed by atoms with Crippen LogP contribution in [0.15, 0.2) is 36.5 Å². The van der Waals surface area contributed by atoms with Gasteiger partial charge >= 0.3 is 0 Å². The van der Waals surface area contributed by atoms with Crippen molar-refractivity contribution in [2.45, 2.75) is 12.5 Å². The fraction of sp³-hybridized carbons (Fsp3) is 0.263. The number of pyridine rings is 1. The second-order valence-corrected chi connectivity index (χ2v) is 5.97. The quantitative estimate of drug-likeness (QED) is 0.848. The Morgan fingerprint density at radius 2 is 2.23 bits per heavy atom. The smallest absolute Gasteiger partial charge is 0.255 e. The van der Waals surface area contributed by atoms with Crippen molar-refractivity contribution >= 4 is 5.91 Å². The minimum absolute atomic E-state index is 0.0783. The van der Waals surface area contributed by atoms with Gasteiger partial charge in [0.05, 0.1) is 36.2 Å². The summed E-state index contributed by atoms with van der Waals surface area (Å²) in [6, 6.07) is 10.7. The molecule has 0 bridgehead atoms. The van der Waals surface area contributed by atoms with Crippen molar-refractivity contribution in [2.75, 3.05) is 20.2 Å². The van der Waals surface area contributed by atoms with Crippen LogP contribution in [0.2, 0.25) is 0 Å². The maximum absolute atomic E-state index is 12.7. The van der Waals surface area contributed by atoms with Gasteiger partial charge in [0.2, 0.25) is 0 Å². The van der Waals surface area contributed by atoms with E-state index in [-0.39, 0.29) is 11.9 Å². The van der Waals surface area contributed by atoms with E-state index in [1.54, 1.807) is 29.2 Å². The summed E-state index contributed by atoms with van der Waals surface area (Å²) < 4.78 is 5.27. The molecule has 2 aromatic rings. The van der Waals surface area contributed by atoms with Crippen molar-refractivity contribution in [2.24, 2.45) is 0 Å². The molecule has 1 amide bonds. The highest BCUT2D eigenvalue weighted by atomic mass is 16.5. The molecular formula is C19H17N5O2. The average Bonchev–Trinajstić information content (AvgIpc) is 3.15. The first-order valence-corrected chi connectivity index (χ1v) is 8.14. The van der Waals surface area contributed by atoms with Gasteiger partial charge in [-0.15, -0.1) is 0 Å². The Bertz CT molecular complexity index is 913. The molecule has 3 rings (SSSR count). The van der Waals surface area contributed by atoms with E-state index >= 15 is 0 Å². The third-order valence-corrected chi connectivity index (χ3v) is 4.28. The Labute approximate surface area is 151 Å². The number of nitrogens with one attached hydrogen (secondary N) is 1. The van der Waals surface area contributed by atoms with Gasteiger partial charge in [0, 0.05) is 24.7 Å². The highest BCUT2D eigenvalue weighted by molar-refractivity contribution is 5.98. The minimum Gasteiger partial charge on any atom is -0.494 e. The molecule has 1 N–H and O–H groups in total. The molecule has 1 atom stereocenters. The first-order valence-electron chi connectivity index (χ1n) is 8.14. The highest BCUT2D eigenvalue weighted by Crippen LogP contribution is 2.25. The summed E-state index contributed by atoms with van der Waals surface area (Å²) in [4.78, 5) is 18.7. The van der Waals surface area contributed by atoms with Gasteiger partial charge < -0.3 is 15.0 Å². The lowest BCUT2D eigenvalue weighted by molar-refractivity contribution is 0.0935. The predicted molar refractivity (Wildman–Crippen MR) is 94.0 cm³/mol. The topological polar surface area (TPSA) is 102 Å². The fourth-order valence-corrected chi connectivity index (χ4v) is 2.92. The van der Waals surface area contributed by atoms with Crippen LogP contribution >= 0.6 is 0 Å².